The van der Waals surface area contributed by atoms with Gasteiger partial charge in [-0.25, -0.2) is 4.98 Å². The van der Waals surface area contributed by atoms with Crippen LogP contribution in [0, 0.1) is 6.92 Å². The number of aliphatic carboxylic acids is 1. The Hall–Kier alpha value is -2.04. The summed E-state index contributed by atoms with van der Waals surface area (Å²) in [6.07, 6.45) is 3.76. The molecular formula is C16H21N3O2. The predicted molar refractivity (Wildman–Crippen MR) is 82.8 cm³/mol. The van der Waals surface area contributed by atoms with Gasteiger partial charge in [0.15, 0.2) is 0 Å². The second-order valence-corrected chi connectivity index (χ2v) is 5.85. The van der Waals surface area contributed by atoms with Crippen molar-refractivity contribution in [2.45, 2.75) is 45.7 Å². The second-order valence-electron chi connectivity index (χ2n) is 5.85. The molecule has 5 nitrogen and oxygen atoms in total. The van der Waals surface area contributed by atoms with Gasteiger partial charge in [-0.2, -0.15) is 0 Å². The summed E-state index contributed by atoms with van der Waals surface area (Å²) in [6, 6.07) is 6.72. The standard InChI is InChI=1S/C16H21N3O2/c1-11-5-3-4-8-18(11)13-6-7-15-14(9-13)17-12(2)19(15)10-16(20)21/h6-7,9,11H,3-5,8,10H2,1-2H3,(H,20,21). The van der Waals surface area contributed by atoms with Crippen LogP contribution in [-0.2, 0) is 11.3 Å². The average Bonchev–Trinajstić information content (AvgIpc) is 2.74. The number of rotatable bonds is 3. The molecule has 1 aromatic carbocycles. The quantitative estimate of drug-likeness (QED) is 0.943. The predicted octanol–water partition coefficient (Wildman–Crippen LogP) is 2.81. The molecule has 0 saturated carbocycles. The normalized spacial score (nSPS) is 19.1. The average molecular weight is 287 g/mol. The van der Waals surface area contributed by atoms with Crippen molar-refractivity contribution in [2.75, 3.05) is 11.4 Å². The number of anilines is 1. The van der Waals surface area contributed by atoms with Crippen molar-refractivity contribution < 1.29 is 9.90 Å². The Morgan fingerprint density at radius 3 is 2.95 bits per heavy atom. The molecule has 0 amide bonds. The smallest absolute Gasteiger partial charge is 0.323 e. The van der Waals surface area contributed by atoms with E-state index in [-0.39, 0.29) is 6.54 Å². The van der Waals surface area contributed by atoms with E-state index in [0.717, 1.165) is 23.4 Å². The van der Waals surface area contributed by atoms with Crippen molar-refractivity contribution in [3.05, 3.63) is 24.0 Å². The van der Waals surface area contributed by atoms with Crippen LogP contribution >= 0.6 is 0 Å². The van der Waals surface area contributed by atoms with Gasteiger partial charge in [0, 0.05) is 18.3 Å². The number of benzene rings is 1. The van der Waals surface area contributed by atoms with E-state index in [0.29, 0.717) is 6.04 Å². The molecule has 1 fully saturated rings. The maximum absolute atomic E-state index is 11.0. The van der Waals surface area contributed by atoms with Gasteiger partial charge >= 0.3 is 5.97 Å². The molecule has 0 aliphatic carbocycles. The first kappa shape index (κ1) is 13.9. The molecule has 0 bridgehead atoms. The molecule has 1 aromatic heterocycles. The number of piperidine rings is 1. The van der Waals surface area contributed by atoms with E-state index in [2.05, 4.69) is 28.9 Å². The van der Waals surface area contributed by atoms with Crippen LogP contribution in [0.25, 0.3) is 11.0 Å². The van der Waals surface area contributed by atoms with Crippen LogP contribution in [0.5, 0.6) is 0 Å². The summed E-state index contributed by atoms with van der Waals surface area (Å²) in [4.78, 5) is 17.9. The van der Waals surface area contributed by atoms with Crippen molar-refractivity contribution in [3.8, 4) is 0 Å². The summed E-state index contributed by atoms with van der Waals surface area (Å²) in [5.41, 5.74) is 2.96. The number of hydrogen-bond acceptors (Lipinski definition) is 3. The van der Waals surface area contributed by atoms with Gasteiger partial charge in [0.25, 0.3) is 0 Å². The zero-order valence-corrected chi connectivity index (χ0v) is 12.5. The third-order valence-corrected chi connectivity index (χ3v) is 4.35. The molecule has 1 unspecified atom stereocenters. The van der Waals surface area contributed by atoms with E-state index in [1.54, 1.807) is 4.57 Å². The Morgan fingerprint density at radius 1 is 1.43 bits per heavy atom. The van der Waals surface area contributed by atoms with E-state index in [1.807, 2.05) is 13.0 Å². The van der Waals surface area contributed by atoms with Gasteiger partial charge in [0.2, 0.25) is 0 Å². The Labute approximate surface area is 124 Å². The molecule has 3 rings (SSSR count). The minimum absolute atomic E-state index is 0.0399. The molecule has 0 spiro atoms. The molecule has 112 valence electrons. The van der Waals surface area contributed by atoms with Crippen LogP contribution in [0.15, 0.2) is 18.2 Å². The zero-order chi connectivity index (χ0) is 15.0. The van der Waals surface area contributed by atoms with Crippen molar-refractivity contribution in [3.63, 3.8) is 0 Å². The van der Waals surface area contributed by atoms with Crippen molar-refractivity contribution >= 4 is 22.7 Å². The van der Waals surface area contributed by atoms with Crippen LogP contribution in [-0.4, -0.2) is 33.2 Å². The fraction of sp³-hybridized carbons (Fsp3) is 0.500. The molecule has 1 N–H and O–H groups in total. The Kier molecular flexibility index (Phi) is 3.57. The highest BCUT2D eigenvalue weighted by molar-refractivity contribution is 5.82. The van der Waals surface area contributed by atoms with Gasteiger partial charge in [0.1, 0.15) is 12.4 Å². The van der Waals surface area contributed by atoms with Crippen LogP contribution < -0.4 is 4.90 Å². The van der Waals surface area contributed by atoms with Gasteiger partial charge in [-0.3, -0.25) is 4.79 Å². The highest BCUT2D eigenvalue weighted by atomic mass is 16.4. The number of hydrogen-bond donors (Lipinski definition) is 1. The minimum atomic E-state index is -0.842. The third kappa shape index (κ3) is 2.60. The fourth-order valence-electron chi connectivity index (χ4n) is 3.23. The molecule has 1 aliphatic heterocycles. The molecule has 2 heterocycles. The minimum Gasteiger partial charge on any atom is -0.480 e. The molecule has 21 heavy (non-hydrogen) atoms. The monoisotopic (exact) mass is 287 g/mol. The Morgan fingerprint density at radius 2 is 2.24 bits per heavy atom. The van der Waals surface area contributed by atoms with Crippen molar-refractivity contribution in [2.24, 2.45) is 0 Å². The molecular weight excluding hydrogens is 266 g/mol. The lowest BCUT2D eigenvalue weighted by atomic mass is 10.0. The van der Waals surface area contributed by atoms with E-state index < -0.39 is 5.97 Å². The van der Waals surface area contributed by atoms with Gasteiger partial charge in [0.05, 0.1) is 11.0 Å². The van der Waals surface area contributed by atoms with Gasteiger partial charge in [-0.15, -0.1) is 0 Å². The van der Waals surface area contributed by atoms with Crippen molar-refractivity contribution in [1.82, 2.24) is 9.55 Å². The zero-order valence-electron chi connectivity index (χ0n) is 12.5. The number of aromatic nitrogens is 2. The first-order valence-corrected chi connectivity index (χ1v) is 7.51. The van der Waals surface area contributed by atoms with Gasteiger partial charge in [-0.1, -0.05) is 0 Å². The maximum atomic E-state index is 11.0. The van der Waals surface area contributed by atoms with Crippen LogP contribution in [0.3, 0.4) is 0 Å². The summed E-state index contributed by atoms with van der Waals surface area (Å²) >= 11 is 0. The number of carbonyl (C=O) groups is 1. The Bertz CT molecular complexity index is 677. The van der Waals surface area contributed by atoms with E-state index in [4.69, 9.17) is 5.11 Å². The third-order valence-electron chi connectivity index (χ3n) is 4.35. The lowest BCUT2D eigenvalue weighted by molar-refractivity contribution is -0.137. The number of nitrogens with zero attached hydrogens (tertiary/aromatic N) is 3. The molecule has 1 aliphatic rings. The summed E-state index contributed by atoms with van der Waals surface area (Å²) in [7, 11) is 0. The maximum Gasteiger partial charge on any atom is 0.323 e. The number of aryl methyl sites for hydroxylation is 1. The largest absolute Gasteiger partial charge is 0.480 e. The Balaban J connectivity index is 1.99. The SMILES string of the molecule is Cc1nc2cc(N3CCCCC3C)ccc2n1CC(=O)O. The van der Waals surface area contributed by atoms with E-state index in [9.17, 15) is 4.79 Å². The number of fused-ring (bicyclic) bond motifs is 1. The summed E-state index contributed by atoms with van der Waals surface area (Å²) < 4.78 is 1.75. The van der Waals surface area contributed by atoms with Crippen LogP contribution in [0.2, 0.25) is 0 Å². The fourth-order valence-corrected chi connectivity index (χ4v) is 3.23. The topological polar surface area (TPSA) is 58.4 Å². The lowest BCUT2D eigenvalue weighted by Gasteiger charge is -2.35. The molecule has 1 atom stereocenters. The lowest BCUT2D eigenvalue weighted by Crippen LogP contribution is -2.37. The molecule has 2 aromatic rings. The van der Waals surface area contributed by atoms with E-state index in [1.165, 1.54) is 24.9 Å². The summed E-state index contributed by atoms with van der Waals surface area (Å²) in [6.45, 7) is 5.16. The summed E-state index contributed by atoms with van der Waals surface area (Å²) in [5, 5.41) is 9.01. The van der Waals surface area contributed by atoms with Crippen LogP contribution in [0.4, 0.5) is 5.69 Å². The first-order valence-electron chi connectivity index (χ1n) is 7.51. The summed E-state index contributed by atoms with van der Waals surface area (Å²) in [5.74, 6) is -0.0950. The molecule has 1 saturated heterocycles. The number of carboxylic acid groups (broad SMARTS) is 1. The number of carboxylic acids is 1. The molecule has 5 heteroatoms. The van der Waals surface area contributed by atoms with Gasteiger partial charge < -0.3 is 14.6 Å². The molecule has 0 radical (unpaired) electrons. The second kappa shape index (κ2) is 5.39. The highest BCUT2D eigenvalue weighted by Gasteiger charge is 2.19. The highest BCUT2D eigenvalue weighted by Crippen LogP contribution is 2.28. The van der Waals surface area contributed by atoms with E-state index >= 15 is 0 Å². The van der Waals surface area contributed by atoms with Gasteiger partial charge in [-0.05, 0) is 51.3 Å². The van der Waals surface area contributed by atoms with Crippen LogP contribution in [0.1, 0.15) is 32.0 Å². The van der Waals surface area contributed by atoms with Crippen molar-refractivity contribution in [1.29, 1.82) is 0 Å². The number of imidazole rings is 1. The first-order chi connectivity index (χ1) is 10.1.